The summed E-state index contributed by atoms with van der Waals surface area (Å²) in [6, 6.07) is 20.4. The summed E-state index contributed by atoms with van der Waals surface area (Å²) in [4.78, 5) is 16.6. The Hall–Kier alpha value is -2.17. The molecule has 3 aromatic rings. The maximum atomic E-state index is 12.2. The molecule has 0 radical (unpaired) electrons. The zero-order chi connectivity index (χ0) is 16.9. The quantitative estimate of drug-likeness (QED) is 0.539. The molecule has 3 rings (SSSR count). The lowest BCUT2D eigenvalue weighted by Gasteiger charge is -2.07. The molecule has 0 aliphatic carbocycles. The van der Waals surface area contributed by atoms with Gasteiger partial charge in [0.1, 0.15) is 12.3 Å². The number of hydrogen-bond donors (Lipinski definition) is 0. The average molecular weight is 403 g/mol. The van der Waals surface area contributed by atoms with Gasteiger partial charge in [0.25, 0.3) is 0 Å². The van der Waals surface area contributed by atoms with Crippen LogP contribution < -0.4 is 0 Å². The summed E-state index contributed by atoms with van der Waals surface area (Å²) < 4.78 is 6.10. The fourth-order valence-corrected chi connectivity index (χ4v) is 2.71. The highest BCUT2D eigenvalue weighted by atomic mass is 79.9. The number of nitrogens with zero attached hydrogens (tertiary/aromatic N) is 1. The van der Waals surface area contributed by atoms with Crippen LogP contribution in [0.3, 0.4) is 0 Å². The van der Waals surface area contributed by atoms with Gasteiger partial charge in [-0.2, -0.15) is 0 Å². The Labute approximate surface area is 153 Å². The normalized spacial score (nSPS) is 10.4. The first-order chi connectivity index (χ1) is 11.6. The highest BCUT2D eigenvalue weighted by Gasteiger charge is 2.11. The minimum atomic E-state index is -0.459. The van der Waals surface area contributed by atoms with Crippen LogP contribution in [0.5, 0.6) is 0 Å². The molecule has 2 aromatic carbocycles. The van der Waals surface area contributed by atoms with Gasteiger partial charge in [-0.15, -0.1) is 0 Å². The number of halogens is 2. The molecule has 0 amide bonds. The molecule has 0 unspecified atom stereocenters. The Bertz CT molecular complexity index is 868. The van der Waals surface area contributed by atoms with Gasteiger partial charge in [0.15, 0.2) is 0 Å². The van der Waals surface area contributed by atoms with Crippen LogP contribution in [0.4, 0.5) is 0 Å². The standard InChI is InChI=1S/C19H13BrClNO2/c20-15-11-13(9-10-16(15)21)12-24-19(23)18-8-4-7-17(22-18)14-5-2-1-3-6-14/h1-11H,12H2. The van der Waals surface area contributed by atoms with Crippen LogP contribution in [0.2, 0.25) is 5.02 Å². The van der Waals surface area contributed by atoms with Crippen LogP contribution in [-0.4, -0.2) is 11.0 Å². The highest BCUT2D eigenvalue weighted by molar-refractivity contribution is 9.10. The molecule has 1 heterocycles. The summed E-state index contributed by atoms with van der Waals surface area (Å²) in [6.07, 6.45) is 0. The lowest BCUT2D eigenvalue weighted by atomic mass is 10.1. The fraction of sp³-hybridized carbons (Fsp3) is 0.0526. The molecule has 3 nitrogen and oxygen atoms in total. The van der Waals surface area contributed by atoms with Gasteiger partial charge in [-0.25, -0.2) is 9.78 Å². The molecule has 120 valence electrons. The number of rotatable bonds is 4. The van der Waals surface area contributed by atoms with Crippen LogP contribution in [0.15, 0.2) is 71.2 Å². The first kappa shape index (κ1) is 16.7. The predicted molar refractivity (Wildman–Crippen MR) is 97.9 cm³/mol. The molecule has 24 heavy (non-hydrogen) atoms. The summed E-state index contributed by atoms with van der Waals surface area (Å²) in [7, 11) is 0. The molecule has 5 heteroatoms. The van der Waals surface area contributed by atoms with E-state index < -0.39 is 5.97 Å². The molecule has 0 aliphatic heterocycles. The summed E-state index contributed by atoms with van der Waals surface area (Å²) in [5.74, 6) is -0.459. The molecule has 0 saturated heterocycles. The smallest absolute Gasteiger partial charge is 0.357 e. The van der Waals surface area contributed by atoms with E-state index in [4.69, 9.17) is 16.3 Å². The SMILES string of the molecule is O=C(OCc1ccc(Cl)c(Br)c1)c1cccc(-c2ccccc2)n1. The number of carbonyl (C=O) groups excluding carboxylic acids is 1. The number of esters is 1. The fourth-order valence-electron chi connectivity index (χ4n) is 2.17. The van der Waals surface area contributed by atoms with Crippen LogP contribution in [-0.2, 0) is 11.3 Å². The molecular formula is C19H13BrClNO2. The highest BCUT2D eigenvalue weighted by Crippen LogP contribution is 2.23. The van der Waals surface area contributed by atoms with Crippen LogP contribution in [0, 0.1) is 0 Å². The van der Waals surface area contributed by atoms with Gasteiger partial charge in [0, 0.05) is 10.0 Å². The van der Waals surface area contributed by atoms with Crippen molar-refractivity contribution in [2.24, 2.45) is 0 Å². The number of aromatic nitrogens is 1. The summed E-state index contributed by atoms with van der Waals surface area (Å²) in [6.45, 7) is 0.159. The Kier molecular flexibility index (Phi) is 5.28. The van der Waals surface area contributed by atoms with E-state index >= 15 is 0 Å². The number of carbonyl (C=O) groups is 1. The molecule has 0 saturated carbocycles. The third kappa shape index (κ3) is 4.02. The lowest BCUT2D eigenvalue weighted by Crippen LogP contribution is -2.08. The minimum Gasteiger partial charge on any atom is -0.456 e. The van der Waals surface area contributed by atoms with Crippen LogP contribution >= 0.6 is 27.5 Å². The monoisotopic (exact) mass is 401 g/mol. The second-order valence-corrected chi connectivity index (χ2v) is 6.36. The van der Waals surface area contributed by atoms with Crippen molar-refractivity contribution in [2.75, 3.05) is 0 Å². The summed E-state index contributed by atoms with van der Waals surface area (Å²) >= 11 is 9.30. The maximum Gasteiger partial charge on any atom is 0.357 e. The number of pyridine rings is 1. The van der Waals surface area contributed by atoms with E-state index in [1.807, 2.05) is 48.5 Å². The Balaban J connectivity index is 1.72. The zero-order valence-electron chi connectivity index (χ0n) is 12.6. The molecule has 0 N–H and O–H groups in total. The van der Waals surface area contributed by atoms with E-state index in [-0.39, 0.29) is 12.3 Å². The first-order valence-electron chi connectivity index (χ1n) is 7.27. The van der Waals surface area contributed by atoms with Gasteiger partial charge in [0.2, 0.25) is 0 Å². The predicted octanol–water partition coefficient (Wildman–Crippen LogP) is 5.52. The van der Waals surface area contributed by atoms with Crippen LogP contribution in [0.1, 0.15) is 16.1 Å². The van der Waals surface area contributed by atoms with Crippen molar-refractivity contribution < 1.29 is 9.53 Å². The van der Waals surface area contributed by atoms with Crippen molar-refractivity contribution in [3.05, 3.63) is 87.5 Å². The zero-order valence-corrected chi connectivity index (χ0v) is 14.9. The van der Waals surface area contributed by atoms with Gasteiger partial charge in [-0.05, 0) is 45.8 Å². The van der Waals surface area contributed by atoms with E-state index in [0.29, 0.717) is 5.02 Å². The van der Waals surface area contributed by atoms with E-state index in [9.17, 15) is 4.79 Å². The topological polar surface area (TPSA) is 39.2 Å². The van der Waals surface area contributed by atoms with Gasteiger partial charge >= 0.3 is 5.97 Å². The Morgan fingerprint density at radius 1 is 1.04 bits per heavy atom. The van der Waals surface area contributed by atoms with Crippen LogP contribution in [0.25, 0.3) is 11.3 Å². The molecule has 0 aliphatic rings. The Morgan fingerprint density at radius 2 is 1.83 bits per heavy atom. The van der Waals surface area contributed by atoms with Crippen molar-refractivity contribution in [3.8, 4) is 11.3 Å². The minimum absolute atomic E-state index is 0.159. The second kappa shape index (κ2) is 7.60. The second-order valence-electron chi connectivity index (χ2n) is 5.10. The van der Waals surface area contributed by atoms with Crippen molar-refractivity contribution in [3.63, 3.8) is 0 Å². The van der Waals surface area contributed by atoms with Crippen molar-refractivity contribution in [1.29, 1.82) is 0 Å². The third-order valence-electron chi connectivity index (χ3n) is 3.38. The molecule has 1 aromatic heterocycles. The molecule has 0 atom stereocenters. The first-order valence-corrected chi connectivity index (χ1v) is 8.44. The van der Waals surface area contributed by atoms with E-state index in [0.717, 1.165) is 21.3 Å². The summed E-state index contributed by atoms with van der Waals surface area (Å²) in [5, 5.41) is 0.613. The van der Waals surface area contributed by atoms with E-state index in [2.05, 4.69) is 20.9 Å². The van der Waals surface area contributed by atoms with Crippen molar-refractivity contribution in [2.45, 2.75) is 6.61 Å². The Morgan fingerprint density at radius 3 is 2.58 bits per heavy atom. The van der Waals surface area contributed by atoms with Crippen molar-refractivity contribution >= 4 is 33.5 Å². The maximum absolute atomic E-state index is 12.2. The van der Waals surface area contributed by atoms with E-state index in [1.165, 1.54) is 0 Å². The third-order valence-corrected chi connectivity index (χ3v) is 4.60. The molecule has 0 spiro atoms. The molecular weight excluding hydrogens is 390 g/mol. The van der Waals surface area contributed by atoms with Crippen molar-refractivity contribution in [1.82, 2.24) is 4.98 Å². The van der Waals surface area contributed by atoms with Gasteiger partial charge in [0.05, 0.1) is 10.7 Å². The van der Waals surface area contributed by atoms with Gasteiger partial charge in [-0.1, -0.05) is 54.1 Å². The number of hydrogen-bond acceptors (Lipinski definition) is 3. The van der Waals surface area contributed by atoms with Gasteiger partial charge in [-0.3, -0.25) is 0 Å². The average Bonchev–Trinajstić information content (AvgIpc) is 2.63. The molecule has 0 bridgehead atoms. The number of benzene rings is 2. The molecule has 0 fully saturated rings. The number of ether oxygens (including phenoxy) is 1. The summed E-state index contributed by atoms with van der Waals surface area (Å²) in [5.41, 5.74) is 2.82. The largest absolute Gasteiger partial charge is 0.456 e. The van der Waals surface area contributed by atoms with E-state index in [1.54, 1.807) is 18.2 Å². The van der Waals surface area contributed by atoms with Gasteiger partial charge < -0.3 is 4.74 Å². The lowest BCUT2D eigenvalue weighted by molar-refractivity contribution is 0.0466.